The first-order valence-corrected chi connectivity index (χ1v) is 11.7. The number of nitrogens with one attached hydrogen (secondary N) is 2. The fourth-order valence-corrected chi connectivity index (χ4v) is 3.82. The van der Waals surface area contributed by atoms with Crippen LogP contribution < -0.4 is 20.1 Å². The molecule has 0 atom stereocenters. The molecule has 8 nitrogen and oxygen atoms in total. The minimum Gasteiger partial charge on any atom is -0.497 e. The SMILES string of the molecule is COc1ccc(CNC(=O)c2ccc(OCc3nnc(C(=O)Nc4ccccc4C)s3)cc2)cc1. The van der Waals surface area contributed by atoms with Crippen molar-refractivity contribution in [2.24, 2.45) is 0 Å². The largest absolute Gasteiger partial charge is 0.497 e. The van der Waals surface area contributed by atoms with Gasteiger partial charge in [0.15, 0.2) is 5.01 Å². The molecule has 0 aliphatic rings. The number of rotatable bonds is 9. The van der Waals surface area contributed by atoms with Crippen LogP contribution in [0.4, 0.5) is 5.69 Å². The number of aromatic nitrogens is 2. The number of para-hydroxylation sites is 1. The molecule has 3 aromatic carbocycles. The predicted octanol–water partition coefficient (Wildman–Crippen LogP) is 4.62. The average Bonchev–Trinajstić information content (AvgIpc) is 3.37. The standard InChI is InChI=1S/C26H24N4O4S/c1-17-5-3-4-6-22(17)28-25(32)26-30-29-23(35-26)16-34-21-13-9-19(10-14-21)24(31)27-15-18-7-11-20(33-2)12-8-18/h3-14H,15-16H2,1-2H3,(H,27,31)(H,28,32). The summed E-state index contributed by atoms with van der Waals surface area (Å²) in [5.74, 6) is 0.859. The summed E-state index contributed by atoms with van der Waals surface area (Å²) < 4.78 is 10.9. The number of carbonyl (C=O) groups is 2. The van der Waals surface area contributed by atoms with Crippen LogP contribution in [-0.4, -0.2) is 29.1 Å². The summed E-state index contributed by atoms with van der Waals surface area (Å²) in [6, 6.07) is 21.9. The Balaban J connectivity index is 1.26. The van der Waals surface area contributed by atoms with Gasteiger partial charge in [0.05, 0.1) is 7.11 Å². The Morgan fingerprint density at radius 2 is 1.60 bits per heavy atom. The topological polar surface area (TPSA) is 102 Å². The first-order chi connectivity index (χ1) is 17.0. The highest BCUT2D eigenvalue weighted by atomic mass is 32.1. The summed E-state index contributed by atoms with van der Waals surface area (Å²) in [7, 11) is 1.61. The van der Waals surface area contributed by atoms with E-state index in [-0.39, 0.29) is 23.4 Å². The van der Waals surface area contributed by atoms with Crippen molar-refractivity contribution in [1.82, 2.24) is 15.5 Å². The van der Waals surface area contributed by atoms with Crippen molar-refractivity contribution in [3.05, 3.63) is 99.5 Å². The van der Waals surface area contributed by atoms with E-state index < -0.39 is 0 Å². The van der Waals surface area contributed by atoms with E-state index in [1.807, 2.05) is 55.5 Å². The maximum absolute atomic E-state index is 12.4. The number of aryl methyl sites for hydroxylation is 1. The van der Waals surface area contributed by atoms with Crippen molar-refractivity contribution in [3.63, 3.8) is 0 Å². The Kier molecular flexibility index (Phi) is 7.69. The second-order valence-electron chi connectivity index (χ2n) is 7.61. The van der Waals surface area contributed by atoms with Gasteiger partial charge >= 0.3 is 0 Å². The van der Waals surface area contributed by atoms with E-state index in [0.29, 0.717) is 22.9 Å². The van der Waals surface area contributed by atoms with Gasteiger partial charge in [-0.05, 0) is 60.5 Å². The van der Waals surface area contributed by atoms with Gasteiger partial charge in [-0.25, -0.2) is 0 Å². The molecule has 0 bridgehead atoms. The van der Waals surface area contributed by atoms with E-state index in [2.05, 4.69) is 20.8 Å². The molecule has 178 valence electrons. The molecule has 4 aromatic rings. The summed E-state index contributed by atoms with van der Waals surface area (Å²) in [6.07, 6.45) is 0. The molecule has 35 heavy (non-hydrogen) atoms. The van der Waals surface area contributed by atoms with E-state index in [1.54, 1.807) is 31.4 Å². The fraction of sp³-hybridized carbons (Fsp3) is 0.154. The zero-order valence-corrected chi connectivity index (χ0v) is 20.1. The van der Waals surface area contributed by atoms with Crippen molar-refractivity contribution < 1.29 is 19.1 Å². The number of hydrogen-bond acceptors (Lipinski definition) is 7. The van der Waals surface area contributed by atoms with E-state index >= 15 is 0 Å². The van der Waals surface area contributed by atoms with Crippen molar-refractivity contribution in [2.75, 3.05) is 12.4 Å². The Labute approximate surface area is 206 Å². The number of benzene rings is 3. The highest BCUT2D eigenvalue weighted by molar-refractivity contribution is 7.13. The summed E-state index contributed by atoms with van der Waals surface area (Å²) >= 11 is 1.17. The van der Waals surface area contributed by atoms with Gasteiger partial charge in [0.2, 0.25) is 5.01 Å². The molecule has 0 saturated heterocycles. The number of nitrogens with zero attached hydrogens (tertiary/aromatic N) is 2. The van der Waals surface area contributed by atoms with Gasteiger partial charge in [-0.3, -0.25) is 9.59 Å². The van der Waals surface area contributed by atoms with E-state index in [9.17, 15) is 9.59 Å². The number of ether oxygens (including phenoxy) is 2. The Morgan fingerprint density at radius 3 is 2.31 bits per heavy atom. The molecule has 0 radical (unpaired) electrons. The second-order valence-corrected chi connectivity index (χ2v) is 8.68. The van der Waals surface area contributed by atoms with Crippen LogP contribution in [0, 0.1) is 6.92 Å². The van der Waals surface area contributed by atoms with Crippen LogP contribution in [0.5, 0.6) is 11.5 Å². The smallest absolute Gasteiger partial charge is 0.286 e. The van der Waals surface area contributed by atoms with Gasteiger partial charge in [-0.2, -0.15) is 0 Å². The average molecular weight is 489 g/mol. The normalized spacial score (nSPS) is 10.5. The quantitative estimate of drug-likeness (QED) is 0.357. The fourth-order valence-electron chi connectivity index (χ4n) is 3.17. The number of amides is 2. The second kappa shape index (κ2) is 11.3. The van der Waals surface area contributed by atoms with E-state index in [1.165, 1.54) is 11.3 Å². The number of methoxy groups -OCH3 is 1. The van der Waals surface area contributed by atoms with Crippen LogP contribution in [0.15, 0.2) is 72.8 Å². The monoisotopic (exact) mass is 488 g/mol. The van der Waals surface area contributed by atoms with Gasteiger partial charge in [0.1, 0.15) is 18.1 Å². The van der Waals surface area contributed by atoms with Crippen molar-refractivity contribution in [3.8, 4) is 11.5 Å². The molecule has 0 aliphatic carbocycles. The van der Waals surface area contributed by atoms with Crippen molar-refractivity contribution in [1.29, 1.82) is 0 Å². The van der Waals surface area contributed by atoms with Gasteiger partial charge in [0, 0.05) is 17.8 Å². The van der Waals surface area contributed by atoms with Crippen LogP contribution in [-0.2, 0) is 13.2 Å². The summed E-state index contributed by atoms with van der Waals surface area (Å²) in [5, 5.41) is 14.6. The molecule has 2 amide bonds. The zero-order valence-electron chi connectivity index (χ0n) is 19.3. The molecule has 0 saturated carbocycles. The molecule has 4 rings (SSSR count). The summed E-state index contributed by atoms with van der Waals surface area (Å²) in [4.78, 5) is 24.9. The highest BCUT2D eigenvalue weighted by Crippen LogP contribution is 2.19. The summed E-state index contributed by atoms with van der Waals surface area (Å²) in [5.41, 5.74) is 3.20. The third kappa shape index (κ3) is 6.42. The molecule has 1 heterocycles. The molecule has 0 aliphatic heterocycles. The molecule has 0 unspecified atom stereocenters. The van der Waals surface area contributed by atoms with Crippen LogP contribution in [0.25, 0.3) is 0 Å². The maximum atomic E-state index is 12.4. The number of anilines is 1. The Morgan fingerprint density at radius 1 is 0.886 bits per heavy atom. The highest BCUT2D eigenvalue weighted by Gasteiger charge is 2.14. The van der Waals surface area contributed by atoms with E-state index in [4.69, 9.17) is 9.47 Å². The van der Waals surface area contributed by atoms with Crippen molar-refractivity contribution >= 4 is 28.8 Å². The molecule has 1 aromatic heterocycles. The van der Waals surface area contributed by atoms with Gasteiger partial charge in [-0.15, -0.1) is 10.2 Å². The van der Waals surface area contributed by atoms with Gasteiger partial charge < -0.3 is 20.1 Å². The Hall–Kier alpha value is -4.24. The lowest BCUT2D eigenvalue weighted by atomic mass is 10.2. The van der Waals surface area contributed by atoms with Crippen LogP contribution >= 0.6 is 11.3 Å². The van der Waals surface area contributed by atoms with Crippen LogP contribution in [0.3, 0.4) is 0 Å². The lowest BCUT2D eigenvalue weighted by molar-refractivity contribution is 0.0950. The van der Waals surface area contributed by atoms with Crippen molar-refractivity contribution in [2.45, 2.75) is 20.1 Å². The Bertz CT molecular complexity index is 1300. The minimum absolute atomic E-state index is 0.165. The zero-order chi connectivity index (χ0) is 24.6. The van der Waals surface area contributed by atoms with Crippen LogP contribution in [0.1, 0.15) is 36.3 Å². The first-order valence-electron chi connectivity index (χ1n) is 10.8. The first kappa shape index (κ1) is 23.9. The molecular formula is C26H24N4O4S. The van der Waals surface area contributed by atoms with Crippen LogP contribution in [0.2, 0.25) is 0 Å². The maximum Gasteiger partial charge on any atom is 0.286 e. The molecule has 0 spiro atoms. The lowest BCUT2D eigenvalue weighted by Gasteiger charge is -2.08. The third-order valence-corrected chi connectivity index (χ3v) is 6.04. The van der Waals surface area contributed by atoms with Gasteiger partial charge in [-0.1, -0.05) is 41.7 Å². The minimum atomic E-state index is -0.312. The van der Waals surface area contributed by atoms with Gasteiger partial charge in [0.25, 0.3) is 11.8 Å². The number of hydrogen-bond donors (Lipinski definition) is 2. The lowest BCUT2D eigenvalue weighted by Crippen LogP contribution is -2.22. The summed E-state index contributed by atoms with van der Waals surface area (Å²) in [6.45, 7) is 2.50. The van der Waals surface area contributed by atoms with E-state index in [0.717, 1.165) is 22.6 Å². The molecule has 9 heteroatoms. The predicted molar refractivity (Wildman–Crippen MR) is 134 cm³/mol. The number of carbonyl (C=O) groups excluding carboxylic acids is 2. The molecule has 0 fully saturated rings. The third-order valence-electron chi connectivity index (χ3n) is 5.15. The molecular weight excluding hydrogens is 464 g/mol. The molecule has 2 N–H and O–H groups in total.